The Morgan fingerprint density at radius 1 is 1.08 bits per heavy atom. The van der Waals surface area contributed by atoms with Gasteiger partial charge < -0.3 is 10.6 Å². The van der Waals surface area contributed by atoms with Gasteiger partial charge in [0.1, 0.15) is 5.82 Å². The molecule has 0 radical (unpaired) electrons. The Morgan fingerprint density at radius 2 is 1.79 bits per heavy atom. The SMILES string of the molecule is O=C(CNCC1CC1)NC(Cc1ccccc1)c1ccccc1F. The van der Waals surface area contributed by atoms with Gasteiger partial charge in [0.15, 0.2) is 0 Å². The molecule has 1 atom stereocenters. The van der Waals surface area contributed by atoms with Gasteiger partial charge in [-0.2, -0.15) is 0 Å². The van der Waals surface area contributed by atoms with E-state index in [-0.39, 0.29) is 24.3 Å². The lowest BCUT2D eigenvalue weighted by Crippen LogP contribution is -2.38. The van der Waals surface area contributed by atoms with Gasteiger partial charge in [0.25, 0.3) is 0 Å². The van der Waals surface area contributed by atoms with Crippen LogP contribution >= 0.6 is 0 Å². The molecule has 1 saturated carbocycles. The first kappa shape index (κ1) is 16.7. The lowest BCUT2D eigenvalue weighted by atomic mass is 9.98. The number of amides is 1. The van der Waals surface area contributed by atoms with Crippen LogP contribution in [0.15, 0.2) is 54.6 Å². The average molecular weight is 326 g/mol. The summed E-state index contributed by atoms with van der Waals surface area (Å²) in [5, 5.41) is 6.15. The second-order valence-corrected chi connectivity index (χ2v) is 6.41. The van der Waals surface area contributed by atoms with E-state index in [1.807, 2.05) is 30.3 Å². The molecule has 0 heterocycles. The lowest BCUT2D eigenvalue weighted by Gasteiger charge is -2.20. The van der Waals surface area contributed by atoms with Crippen molar-refractivity contribution in [1.29, 1.82) is 0 Å². The first-order chi connectivity index (χ1) is 11.7. The number of carbonyl (C=O) groups excluding carboxylic acids is 1. The zero-order valence-electron chi connectivity index (χ0n) is 13.7. The minimum Gasteiger partial charge on any atom is -0.348 e. The number of hydrogen-bond donors (Lipinski definition) is 2. The molecule has 1 aliphatic rings. The van der Waals surface area contributed by atoms with Gasteiger partial charge in [0.05, 0.1) is 12.6 Å². The molecule has 0 aliphatic heterocycles. The summed E-state index contributed by atoms with van der Waals surface area (Å²) in [7, 11) is 0. The number of nitrogens with one attached hydrogen (secondary N) is 2. The zero-order chi connectivity index (χ0) is 16.8. The molecule has 4 heteroatoms. The molecule has 0 aromatic heterocycles. The molecule has 126 valence electrons. The molecule has 0 saturated heterocycles. The van der Waals surface area contributed by atoms with Gasteiger partial charge in [-0.25, -0.2) is 4.39 Å². The van der Waals surface area contributed by atoms with E-state index in [4.69, 9.17) is 0 Å². The van der Waals surface area contributed by atoms with E-state index in [9.17, 15) is 9.18 Å². The van der Waals surface area contributed by atoms with Crippen LogP contribution in [-0.4, -0.2) is 19.0 Å². The van der Waals surface area contributed by atoms with Gasteiger partial charge in [-0.15, -0.1) is 0 Å². The average Bonchev–Trinajstić information content (AvgIpc) is 3.40. The van der Waals surface area contributed by atoms with Gasteiger partial charge in [0, 0.05) is 5.56 Å². The third-order valence-electron chi connectivity index (χ3n) is 4.31. The summed E-state index contributed by atoms with van der Waals surface area (Å²) in [6.45, 7) is 1.16. The molecule has 3 nitrogen and oxygen atoms in total. The molecule has 2 aromatic carbocycles. The number of hydrogen-bond acceptors (Lipinski definition) is 2. The summed E-state index contributed by atoms with van der Waals surface area (Å²) in [6.07, 6.45) is 3.07. The van der Waals surface area contributed by atoms with Crippen LogP contribution in [0.1, 0.15) is 30.0 Å². The van der Waals surface area contributed by atoms with Crippen molar-refractivity contribution in [3.05, 3.63) is 71.5 Å². The minimum absolute atomic E-state index is 0.0974. The topological polar surface area (TPSA) is 41.1 Å². The highest BCUT2D eigenvalue weighted by atomic mass is 19.1. The first-order valence-electron chi connectivity index (χ1n) is 8.51. The van der Waals surface area contributed by atoms with Crippen LogP contribution in [0.5, 0.6) is 0 Å². The zero-order valence-corrected chi connectivity index (χ0v) is 13.7. The van der Waals surface area contributed by atoms with Crippen LogP contribution in [0.4, 0.5) is 4.39 Å². The predicted octanol–water partition coefficient (Wildman–Crippen LogP) is 3.23. The second kappa shape index (κ2) is 8.06. The Hall–Kier alpha value is -2.20. The van der Waals surface area contributed by atoms with Crippen molar-refractivity contribution < 1.29 is 9.18 Å². The van der Waals surface area contributed by atoms with Crippen molar-refractivity contribution >= 4 is 5.91 Å². The molecule has 2 N–H and O–H groups in total. The van der Waals surface area contributed by atoms with Crippen molar-refractivity contribution in [3.8, 4) is 0 Å². The van der Waals surface area contributed by atoms with Crippen LogP contribution < -0.4 is 10.6 Å². The van der Waals surface area contributed by atoms with Crippen molar-refractivity contribution in [1.82, 2.24) is 10.6 Å². The molecule has 1 aliphatic carbocycles. The molecule has 0 bridgehead atoms. The Kier molecular flexibility index (Phi) is 5.59. The Labute approximate surface area is 142 Å². The summed E-state index contributed by atoms with van der Waals surface area (Å²) in [5.41, 5.74) is 1.59. The van der Waals surface area contributed by atoms with E-state index >= 15 is 0 Å². The first-order valence-corrected chi connectivity index (χ1v) is 8.51. The third-order valence-corrected chi connectivity index (χ3v) is 4.31. The molecular formula is C20H23FN2O. The van der Waals surface area contributed by atoms with Crippen LogP contribution in [0, 0.1) is 11.7 Å². The van der Waals surface area contributed by atoms with Crippen LogP contribution in [0.3, 0.4) is 0 Å². The molecular weight excluding hydrogens is 303 g/mol. The van der Waals surface area contributed by atoms with E-state index in [2.05, 4.69) is 10.6 Å². The molecule has 3 rings (SSSR count). The smallest absolute Gasteiger partial charge is 0.234 e. The van der Waals surface area contributed by atoms with Crippen LogP contribution in [-0.2, 0) is 11.2 Å². The molecule has 2 aromatic rings. The van der Waals surface area contributed by atoms with Crippen LogP contribution in [0.25, 0.3) is 0 Å². The van der Waals surface area contributed by atoms with E-state index in [0.717, 1.165) is 18.0 Å². The summed E-state index contributed by atoms with van der Waals surface area (Å²) < 4.78 is 14.2. The van der Waals surface area contributed by atoms with Gasteiger partial charge in [-0.3, -0.25) is 4.79 Å². The Bertz CT molecular complexity index is 670. The summed E-state index contributed by atoms with van der Waals surface area (Å²) in [4.78, 5) is 12.2. The fourth-order valence-electron chi connectivity index (χ4n) is 2.80. The quantitative estimate of drug-likeness (QED) is 0.782. The largest absolute Gasteiger partial charge is 0.348 e. The monoisotopic (exact) mass is 326 g/mol. The van der Waals surface area contributed by atoms with Crippen molar-refractivity contribution in [2.24, 2.45) is 5.92 Å². The van der Waals surface area contributed by atoms with Gasteiger partial charge >= 0.3 is 0 Å². The standard InChI is InChI=1S/C20H23FN2O/c21-18-9-5-4-8-17(18)19(12-15-6-2-1-3-7-15)23-20(24)14-22-13-16-10-11-16/h1-9,16,19,22H,10-14H2,(H,23,24). The molecule has 1 amide bonds. The third kappa shape index (κ3) is 4.90. The Balaban J connectivity index is 1.66. The van der Waals surface area contributed by atoms with Gasteiger partial charge in [0.2, 0.25) is 5.91 Å². The van der Waals surface area contributed by atoms with Crippen molar-refractivity contribution in [3.63, 3.8) is 0 Å². The normalized spacial score (nSPS) is 15.0. The Morgan fingerprint density at radius 3 is 2.50 bits per heavy atom. The molecule has 0 spiro atoms. The number of rotatable bonds is 8. The van der Waals surface area contributed by atoms with Crippen molar-refractivity contribution in [2.75, 3.05) is 13.1 Å². The highest BCUT2D eigenvalue weighted by molar-refractivity contribution is 5.78. The van der Waals surface area contributed by atoms with Gasteiger partial charge in [-0.05, 0) is 43.4 Å². The lowest BCUT2D eigenvalue weighted by molar-refractivity contribution is -0.121. The highest BCUT2D eigenvalue weighted by Gasteiger charge is 2.22. The number of carbonyl (C=O) groups is 1. The predicted molar refractivity (Wildman–Crippen MR) is 93.0 cm³/mol. The number of benzene rings is 2. The van der Waals surface area contributed by atoms with Crippen LogP contribution in [0.2, 0.25) is 0 Å². The molecule has 1 unspecified atom stereocenters. The van der Waals surface area contributed by atoms with Crippen molar-refractivity contribution in [2.45, 2.75) is 25.3 Å². The summed E-state index contributed by atoms with van der Waals surface area (Å²) in [6, 6.07) is 16.1. The minimum atomic E-state index is -0.371. The fraction of sp³-hybridized carbons (Fsp3) is 0.350. The maximum atomic E-state index is 14.2. The van der Waals surface area contributed by atoms with E-state index in [1.165, 1.54) is 18.9 Å². The fourth-order valence-corrected chi connectivity index (χ4v) is 2.80. The maximum absolute atomic E-state index is 14.2. The second-order valence-electron chi connectivity index (χ2n) is 6.41. The highest BCUT2D eigenvalue weighted by Crippen LogP contribution is 2.27. The summed E-state index contributed by atoms with van der Waals surface area (Å²) >= 11 is 0. The van der Waals surface area contributed by atoms with E-state index in [1.54, 1.807) is 18.2 Å². The van der Waals surface area contributed by atoms with E-state index < -0.39 is 0 Å². The molecule has 1 fully saturated rings. The molecule has 24 heavy (non-hydrogen) atoms. The maximum Gasteiger partial charge on any atom is 0.234 e. The van der Waals surface area contributed by atoms with Gasteiger partial charge in [-0.1, -0.05) is 48.5 Å². The number of halogens is 1. The summed E-state index contributed by atoms with van der Waals surface area (Å²) in [5.74, 6) is 0.342. The van der Waals surface area contributed by atoms with E-state index in [0.29, 0.717) is 12.0 Å².